The number of aromatic nitrogens is 8. The van der Waals surface area contributed by atoms with Crippen LogP contribution >= 0.6 is 11.6 Å². The Bertz CT molecular complexity index is 1640. The predicted octanol–water partition coefficient (Wildman–Crippen LogP) is 4.12. The molecule has 5 aromatic rings. The molecule has 0 amide bonds. The lowest BCUT2D eigenvalue weighted by atomic mass is 10.0. The lowest BCUT2D eigenvalue weighted by Gasteiger charge is -2.18. The standard InChI is InChI=1S/C25H20ClF2N9O/c26-18-4-6-21(36-13-31-33-34-36)23(24(18)28)15-3-5-20(37(38)12-15)22(7-14-1-2-14)35-11-17(10-32-35)16-8-19(27)25(29)30-9-16/h3-6,8-14,22H,1-2,7H2,(H2,29,30)/t22-/m1/s1. The highest BCUT2D eigenvalue weighted by Crippen LogP contribution is 2.39. The molecule has 13 heteroatoms. The summed E-state index contributed by atoms with van der Waals surface area (Å²) in [5.74, 6) is -1.03. The molecule has 2 N–H and O–H groups in total. The molecule has 0 unspecified atom stereocenters. The molecule has 1 aliphatic rings. The number of halogens is 3. The van der Waals surface area contributed by atoms with Gasteiger partial charge in [0.1, 0.15) is 12.4 Å². The second-order valence-corrected chi connectivity index (χ2v) is 9.58. The van der Waals surface area contributed by atoms with Crippen LogP contribution in [0.1, 0.15) is 31.0 Å². The van der Waals surface area contributed by atoms with Crippen LogP contribution in [0.5, 0.6) is 0 Å². The molecular weight excluding hydrogens is 516 g/mol. The third kappa shape index (κ3) is 4.43. The summed E-state index contributed by atoms with van der Waals surface area (Å²) in [6.45, 7) is 0. The molecule has 4 aromatic heterocycles. The van der Waals surface area contributed by atoms with Crippen molar-refractivity contribution in [2.24, 2.45) is 5.92 Å². The van der Waals surface area contributed by atoms with Crippen molar-refractivity contribution in [3.8, 4) is 27.9 Å². The number of tetrazole rings is 1. The highest BCUT2D eigenvalue weighted by molar-refractivity contribution is 6.31. The molecule has 4 heterocycles. The summed E-state index contributed by atoms with van der Waals surface area (Å²) in [6.07, 6.45) is 10.3. The fourth-order valence-electron chi connectivity index (χ4n) is 4.47. The maximum Gasteiger partial charge on any atom is 0.217 e. The lowest BCUT2D eigenvalue weighted by molar-refractivity contribution is -0.615. The van der Waals surface area contributed by atoms with Crippen molar-refractivity contribution in [2.45, 2.75) is 25.3 Å². The van der Waals surface area contributed by atoms with E-state index in [1.807, 2.05) is 0 Å². The van der Waals surface area contributed by atoms with Gasteiger partial charge in [-0.15, -0.1) is 5.10 Å². The Hall–Kier alpha value is -4.45. The van der Waals surface area contributed by atoms with Crippen LogP contribution in [-0.4, -0.2) is 35.0 Å². The molecule has 6 rings (SSSR count). The van der Waals surface area contributed by atoms with Gasteiger partial charge in [-0.3, -0.25) is 4.68 Å². The Morgan fingerprint density at radius 1 is 1.13 bits per heavy atom. The van der Waals surface area contributed by atoms with Crippen molar-refractivity contribution in [3.63, 3.8) is 0 Å². The number of pyridine rings is 2. The molecular formula is C25H20ClF2N9O. The quantitative estimate of drug-likeness (QED) is 0.245. The first-order chi connectivity index (χ1) is 18.4. The Labute approximate surface area is 219 Å². The van der Waals surface area contributed by atoms with Gasteiger partial charge in [0.05, 0.1) is 28.0 Å². The minimum atomic E-state index is -0.692. The third-order valence-corrected chi connectivity index (χ3v) is 6.91. The van der Waals surface area contributed by atoms with E-state index < -0.39 is 17.7 Å². The predicted molar refractivity (Wildman–Crippen MR) is 134 cm³/mol. The fourth-order valence-corrected chi connectivity index (χ4v) is 4.63. The first-order valence-electron chi connectivity index (χ1n) is 11.8. The number of rotatable bonds is 7. The van der Waals surface area contributed by atoms with E-state index in [2.05, 4.69) is 25.6 Å². The van der Waals surface area contributed by atoms with Gasteiger partial charge in [-0.1, -0.05) is 24.4 Å². The number of benzene rings is 1. The van der Waals surface area contributed by atoms with Gasteiger partial charge in [-0.25, -0.2) is 13.8 Å². The summed E-state index contributed by atoms with van der Waals surface area (Å²) in [6, 6.07) is 7.21. The smallest absolute Gasteiger partial charge is 0.217 e. The second kappa shape index (κ2) is 9.45. The first-order valence-corrected chi connectivity index (χ1v) is 12.2. The number of hydrogen-bond donors (Lipinski definition) is 1. The van der Waals surface area contributed by atoms with Crippen molar-refractivity contribution in [3.05, 3.63) is 89.0 Å². The molecule has 1 atom stereocenters. The van der Waals surface area contributed by atoms with E-state index in [1.165, 1.54) is 35.5 Å². The number of nitrogens with zero attached hydrogens (tertiary/aromatic N) is 8. The number of nitrogens with two attached hydrogens (primary N) is 1. The Morgan fingerprint density at radius 3 is 2.68 bits per heavy atom. The molecule has 10 nitrogen and oxygen atoms in total. The van der Waals surface area contributed by atoms with E-state index in [1.54, 1.807) is 35.3 Å². The maximum absolute atomic E-state index is 15.2. The van der Waals surface area contributed by atoms with Crippen molar-refractivity contribution in [1.29, 1.82) is 0 Å². The number of nitrogen functional groups attached to an aromatic ring is 1. The molecule has 1 aromatic carbocycles. The minimum Gasteiger partial charge on any atom is -0.618 e. The van der Waals surface area contributed by atoms with E-state index >= 15 is 4.39 Å². The van der Waals surface area contributed by atoms with E-state index in [0.717, 1.165) is 17.6 Å². The molecule has 0 aliphatic heterocycles. The number of hydrogen-bond acceptors (Lipinski definition) is 7. The van der Waals surface area contributed by atoms with E-state index in [4.69, 9.17) is 17.3 Å². The minimum absolute atomic E-state index is 0.0948. The van der Waals surface area contributed by atoms with Gasteiger partial charge in [0.15, 0.2) is 23.6 Å². The molecule has 0 spiro atoms. The van der Waals surface area contributed by atoms with Crippen LogP contribution in [0, 0.1) is 22.8 Å². The van der Waals surface area contributed by atoms with Crippen LogP contribution in [0.2, 0.25) is 5.02 Å². The van der Waals surface area contributed by atoms with Crippen molar-refractivity contribution < 1.29 is 13.5 Å². The van der Waals surface area contributed by atoms with Crippen molar-refractivity contribution >= 4 is 17.4 Å². The first kappa shape index (κ1) is 23.9. The van der Waals surface area contributed by atoms with Crippen molar-refractivity contribution in [2.75, 3.05) is 5.73 Å². The van der Waals surface area contributed by atoms with E-state index in [0.29, 0.717) is 40.4 Å². The van der Waals surface area contributed by atoms with Gasteiger partial charge in [0, 0.05) is 29.6 Å². The van der Waals surface area contributed by atoms with Gasteiger partial charge < -0.3 is 10.9 Å². The van der Waals surface area contributed by atoms with E-state index in [-0.39, 0.29) is 16.4 Å². The van der Waals surface area contributed by atoms with Crippen LogP contribution in [-0.2, 0) is 0 Å². The summed E-state index contributed by atoms with van der Waals surface area (Å²) in [5, 5.41) is 28.8. The third-order valence-electron chi connectivity index (χ3n) is 6.62. The van der Waals surface area contributed by atoms with Gasteiger partial charge in [-0.2, -0.15) is 14.5 Å². The van der Waals surface area contributed by atoms with Crippen LogP contribution in [0.15, 0.2) is 61.4 Å². The Kier molecular flexibility index (Phi) is 5.95. The zero-order chi connectivity index (χ0) is 26.4. The second-order valence-electron chi connectivity index (χ2n) is 9.17. The fraction of sp³-hybridized carbons (Fsp3) is 0.200. The number of anilines is 1. The SMILES string of the molecule is Nc1ncc(-c2cnn([C@H](CC3CC3)c3ccc(-c4c(-n5cnnn5)ccc(Cl)c4F)c[n+]3[O-])c2)cc1F. The highest BCUT2D eigenvalue weighted by Gasteiger charge is 2.32. The van der Waals surface area contributed by atoms with Crippen LogP contribution < -0.4 is 10.5 Å². The maximum atomic E-state index is 15.2. The summed E-state index contributed by atoms with van der Waals surface area (Å²) < 4.78 is 32.9. The van der Waals surface area contributed by atoms with Gasteiger partial charge in [-0.05, 0) is 47.0 Å². The zero-order valence-electron chi connectivity index (χ0n) is 19.7. The van der Waals surface area contributed by atoms with Crippen LogP contribution in [0.25, 0.3) is 27.9 Å². The van der Waals surface area contributed by atoms with Crippen LogP contribution in [0.3, 0.4) is 0 Å². The largest absolute Gasteiger partial charge is 0.618 e. The molecule has 1 fully saturated rings. The van der Waals surface area contributed by atoms with Gasteiger partial charge >= 0.3 is 0 Å². The molecule has 192 valence electrons. The van der Waals surface area contributed by atoms with Crippen molar-refractivity contribution in [1.82, 2.24) is 35.0 Å². The summed E-state index contributed by atoms with van der Waals surface area (Å²) in [7, 11) is 0. The van der Waals surface area contributed by atoms with Gasteiger partial charge in [0.2, 0.25) is 5.69 Å². The van der Waals surface area contributed by atoms with Crippen LogP contribution in [0.4, 0.5) is 14.6 Å². The Balaban J connectivity index is 1.39. The highest BCUT2D eigenvalue weighted by atomic mass is 35.5. The lowest BCUT2D eigenvalue weighted by Crippen LogP contribution is -2.35. The molecule has 1 aliphatic carbocycles. The normalized spacial score (nSPS) is 14.1. The molecule has 0 bridgehead atoms. The monoisotopic (exact) mass is 535 g/mol. The van der Waals surface area contributed by atoms with E-state index in [9.17, 15) is 9.60 Å². The molecule has 1 saturated carbocycles. The molecule has 0 saturated heterocycles. The van der Waals surface area contributed by atoms with Gasteiger partial charge in [0.25, 0.3) is 0 Å². The average molecular weight is 536 g/mol. The molecule has 38 heavy (non-hydrogen) atoms. The average Bonchev–Trinajstić information content (AvgIpc) is 3.34. The summed E-state index contributed by atoms with van der Waals surface area (Å²) >= 11 is 6.07. The Morgan fingerprint density at radius 2 is 1.97 bits per heavy atom. The summed E-state index contributed by atoms with van der Waals surface area (Å²) in [5.41, 5.74) is 7.83. The molecule has 0 radical (unpaired) electrons. The summed E-state index contributed by atoms with van der Waals surface area (Å²) in [4.78, 5) is 3.87. The topological polar surface area (TPSA) is 127 Å². The zero-order valence-corrected chi connectivity index (χ0v) is 20.5.